The highest BCUT2D eigenvalue weighted by Gasteiger charge is 2.30. The minimum Gasteiger partial charge on any atom is -0.432 e. The average molecular weight is 264 g/mol. The van der Waals surface area contributed by atoms with E-state index < -0.39 is 0 Å². The van der Waals surface area contributed by atoms with Crippen LogP contribution in [0.2, 0.25) is 0 Å². The van der Waals surface area contributed by atoms with Crippen LogP contribution >= 0.6 is 0 Å². The predicted octanol–water partition coefficient (Wildman–Crippen LogP) is 1.46. The minimum absolute atomic E-state index is 0.701. The number of aromatic nitrogens is 1. The molecule has 0 aromatic carbocycles. The molecule has 0 radical (unpaired) electrons. The molecule has 2 aliphatic heterocycles. The largest absolute Gasteiger partial charge is 0.432 e. The molecule has 5 heteroatoms. The quantitative estimate of drug-likeness (QED) is 0.892. The molecular weight excluding hydrogens is 240 g/mol. The van der Waals surface area contributed by atoms with Gasteiger partial charge in [-0.3, -0.25) is 4.90 Å². The van der Waals surface area contributed by atoms with Crippen LogP contribution in [0.1, 0.15) is 31.9 Å². The second kappa shape index (κ2) is 5.92. The molecule has 1 aromatic rings. The molecule has 1 atom stereocenters. The molecule has 3 heterocycles. The van der Waals surface area contributed by atoms with E-state index in [4.69, 9.17) is 4.42 Å². The molecule has 0 saturated carbocycles. The number of hydrogen-bond acceptors (Lipinski definition) is 5. The smallest absolute Gasteiger partial charge is 0.297 e. The van der Waals surface area contributed by atoms with Gasteiger partial charge in [-0.1, -0.05) is 6.92 Å². The summed E-state index contributed by atoms with van der Waals surface area (Å²) >= 11 is 0. The van der Waals surface area contributed by atoms with Crippen LogP contribution in [0.15, 0.2) is 10.7 Å². The highest BCUT2D eigenvalue weighted by atomic mass is 16.4. The number of nitrogens with zero attached hydrogens (tertiary/aromatic N) is 3. The average Bonchev–Trinajstić information content (AvgIpc) is 3.02. The lowest BCUT2D eigenvalue weighted by molar-refractivity contribution is 0.272. The van der Waals surface area contributed by atoms with Gasteiger partial charge in [0.1, 0.15) is 6.26 Å². The molecule has 2 fully saturated rings. The summed E-state index contributed by atoms with van der Waals surface area (Å²) in [6.07, 6.45) is 5.66. The number of anilines is 1. The summed E-state index contributed by atoms with van der Waals surface area (Å²) in [7, 11) is 0. The summed E-state index contributed by atoms with van der Waals surface area (Å²) in [6.45, 7) is 8.49. The maximum atomic E-state index is 5.66. The van der Waals surface area contributed by atoms with Gasteiger partial charge in [-0.15, -0.1) is 0 Å². The van der Waals surface area contributed by atoms with E-state index in [1.807, 2.05) is 0 Å². The van der Waals surface area contributed by atoms with Gasteiger partial charge in [0.2, 0.25) is 0 Å². The van der Waals surface area contributed by atoms with Gasteiger partial charge in [0.25, 0.3) is 6.01 Å². The molecule has 2 saturated heterocycles. The van der Waals surface area contributed by atoms with Crippen molar-refractivity contribution in [3.63, 3.8) is 0 Å². The highest BCUT2D eigenvalue weighted by Crippen LogP contribution is 2.24. The van der Waals surface area contributed by atoms with Crippen molar-refractivity contribution in [2.24, 2.45) is 0 Å². The van der Waals surface area contributed by atoms with Crippen LogP contribution < -0.4 is 10.2 Å². The molecule has 5 nitrogen and oxygen atoms in total. The first-order chi connectivity index (χ1) is 9.36. The summed E-state index contributed by atoms with van der Waals surface area (Å²) in [5.41, 5.74) is 1.00. The molecule has 1 aromatic heterocycles. The third-order valence-electron chi connectivity index (χ3n) is 4.17. The summed E-state index contributed by atoms with van der Waals surface area (Å²) in [5, 5.41) is 3.28. The third kappa shape index (κ3) is 2.92. The van der Waals surface area contributed by atoms with Crippen LogP contribution in [0.3, 0.4) is 0 Å². The molecule has 1 N–H and O–H groups in total. The second-order valence-electron chi connectivity index (χ2n) is 5.53. The van der Waals surface area contributed by atoms with Crippen molar-refractivity contribution >= 4 is 6.01 Å². The van der Waals surface area contributed by atoms with Crippen LogP contribution in [0.5, 0.6) is 0 Å². The zero-order valence-corrected chi connectivity index (χ0v) is 11.8. The number of oxazole rings is 1. The monoisotopic (exact) mass is 264 g/mol. The predicted molar refractivity (Wildman–Crippen MR) is 75.3 cm³/mol. The highest BCUT2D eigenvalue weighted by molar-refractivity contribution is 5.28. The second-order valence-corrected chi connectivity index (χ2v) is 5.53. The zero-order chi connectivity index (χ0) is 13.1. The van der Waals surface area contributed by atoms with Crippen molar-refractivity contribution in [2.75, 3.05) is 37.6 Å². The lowest BCUT2D eigenvalue weighted by atomic mass is 10.2. The molecule has 106 valence electrons. The number of nitrogens with one attached hydrogen (secondary N) is 1. The summed E-state index contributed by atoms with van der Waals surface area (Å²) < 4.78 is 5.66. The van der Waals surface area contributed by atoms with E-state index in [1.165, 1.54) is 32.4 Å². The Balaban J connectivity index is 1.65. The summed E-state index contributed by atoms with van der Waals surface area (Å²) in [6, 6.07) is 1.51. The fraction of sp³-hybridized carbons (Fsp3) is 0.786. The van der Waals surface area contributed by atoms with E-state index in [0.717, 1.165) is 37.9 Å². The maximum Gasteiger partial charge on any atom is 0.297 e. The van der Waals surface area contributed by atoms with Gasteiger partial charge in [-0.05, 0) is 32.4 Å². The molecule has 3 rings (SSSR count). The third-order valence-corrected chi connectivity index (χ3v) is 4.17. The van der Waals surface area contributed by atoms with Gasteiger partial charge >= 0.3 is 0 Å². The van der Waals surface area contributed by atoms with E-state index in [0.29, 0.717) is 6.04 Å². The lowest BCUT2D eigenvalue weighted by Crippen LogP contribution is -2.36. The molecule has 0 amide bonds. The number of rotatable bonds is 4. The zero-order valence-electron chi connectivity index (χ0n) is 11.8. The molecule has 0 spiro atoms. The fourth-order valence-corrected chi connectivity index (χ4v) is 3.16. The van der Waals surface area contributed by atoms with Crippen molar-refractivity contribution in [1.82, 2.24) is 15.2 Å². The van der Waals surface area contributed by atoms with Crippen LogP contribution in [0.25, 0.3) is 0 Å². The molecule has 0 bridgehead atoms. The first-order valence-electron chi connectivity index (χ1n) is 7.51. The van der Waals surface area contributed by atoms with Crippen molar-refractivity contribution in [1.29, 1.82) is 0 Å². The van der Waals surface area contributed by atoms with Gasteiger partial charge in [0, 0.05) is 32.2 Å². The van der Waals surface area contributed by atoms with Gasteiger partial charge in [0.05, 0.1) is 5.69 Å². The Hall–Kier alpha value is -1.07. The Morgan fingerprint density at radius 3 is 3.16 bits per heavy atom. The molecule has 19 heavy (non-hydrogen) atoms. The van der Waals surface area contributed by atoms with Gasteiger partial charge in [0.15, 0.2) is 0 Å². The number of hydrogen-bond donors (Lipinski definition) is 1. The van der Waals surface area contributed by atoms with Gasteiger partial charge in [-0.2, -0.15) is 4.98 Å². The van der Waals surface area contributed by atoms with Crippen molar-refractivity contribution in [3.05, 3.63) is 12.0 Å². The molecule has 2 aliphatic rings. The summed E-state index contributed by atoms with van der Waals surface area (Å²) in [5.74, 6) is 0. The van der Waals surface area contributed by atoms with Crippen LogP contribution in [-0.4, -0.2) is 48.6 Å². The first kappa shape index (κ1) is 12.9. The number of fused-ring (bicyclic) bond motifs is 1. The van der Waals surface area contributed by atoms with Gasteiger partial charge in [-0.25, -0.2) is 0 Å². The van der Waals surface area contributed by atoms with E-state index in [1.54, 1.807) is 6.26 Å². The van der Waals surface area contributed by atoms with Crippen LogP contribution in [0.4, 0.5) is 6.01 Å². The van der Waals surface area contributed by atoms with Crippen molar-refractivity contribution < 1.29 is 4.42 Å². The Labute approximate surface area is 115 Å². The van der Waals surface area contributed by atoms with E-state index in [2.05, 4.69) is 27.0 Å². The van der Waals surface area contributed by atoms with E-state index >= 15 is 0 Å². The normalized spacial score (nSPS) is 24.5. The standard InChI is InChI=1S/C14H24N4O/c1-2-15-9-12-11-19-14(16-12)18-8-4-7-17-6-3-5-13(17)10-18/h11,13,15H,2-10H2,1H3. The van der Waals surface area contributed by atoms with E-state index in [9.17, 15) is 0 Å². The summed E-state index contributed by atoms with van der Waals surface area (Å²) in [4.78, 5) is 9.56. The van der Waals surface area contributed by atoms with Crippen molar-refractivity contribution in [2.45, 2.75) is 38.8 Å². The first-order valence-corrected chi connectivity index (χ1v) is 7.51. The van der Waals surface area contributed by atoms with E-state index in [-0.39, 0.29) is 0 Å². The Morgan fingerprint density at radius 2 is 2.26 bits per heavy atom. The minimum atomic E-state index is 0.701. The molecular formula is C14H24N4O. The van der Waals surface area contributed by atoms with Gasteiger partial charge < -0.3 is 14.6 Å². The fourth-order valence-electron chi connectivity index (χ4n) is 3.16. The Morgan fingerprint density at radius 1 is 1.37 bits per heavy atom. The Bertz CT molecular complexity index is 406. The molecule has 1 unspecified atom stereocenters. The SMILES string of the molecule is CCNCc1coc(N2CCCN3CCCC3C2)n1. The topological polar surface area (TPSA) is 44.5 Å². The van der Waals surface area contributed by atoms with Crippen LogP contribution in [0, 0.1) is 0 Å². The lowest BCUT2D eigenvalue weighted by Gasteiger charge is -2.24. The van der Waals surface area contributed by atoms with Crippen molar-refractivity contribution in [3.8, 4) is 0 Å². The molecule has 0 aliphatic carbocycles. The maximum absolute atomic E-state index is 5.66. The van der Waals surface area contributed by atoms with Crippen LogP contribution in [-0.2, 0) is 6.54 Å². The Kier molecular flexibility index (Phi) is 4.03.